The smallest absolute Gasteiger partial charge is 0.0207 e. The minimum absolute atomic E-state index is 0.242. The molecule has 0 amide bonds. The summed E-state index contributed by atoms with van der Waals surface area (Å²) in [7, 11) is 0.242. The molecule has 0 heterocycles. The van der Waals surface area contributed by atoms with Crippen LogP contribution in [0.1, 0.15) is 80.1 Å². The van der Waals surface area contributed by atoms with Crippen molar-refractivity contribution < 1.29 is 0 Å². The lowest BCUT2D eigenvalue weighted by molar-refractivity contribution is 0.658. The quantitative estimate of drug-likeness (QED) is 0.434. The summed E-state index contributed by atoms with van der Waals surface area (Å²) in [4.78, 5) is 0. The molecule has 2 unspecified atom stereocenters. The Morgan fingerprint density at radius 3 is 1.31 bits per heavy atom. The summed E-state index contributed by atoms with van der Waals surface area (Å²) in [5.41, 5.74) is 2.97. The lowest BCUT2D eigenvalue weighted by atomic mass is 10.2. The van der Waals surface area contributed by atoms with Crippen LogP contribution in [0.3, 0.4) is 0 Å². The van der Waals surface area contributed by atoms with Gasteiger partial charge in [-0.25, -0.2) is 0 Å². The Hall–Kier alpha value is 0.430. The third-order valence-corrected chi connectivity index (χ3v) is 7.75. The van der Waals surface area contributed by atoms with Gasteiger partial charge in [0.1, 0.15) is 0 Å². The van der Waals surface area contributed by atoms with Crippen molar-refractivity contribution in [1.82, 2.24) is 0 Å². The number of hydrogen-bond donors (Lipinski definition) is 0. The van der Waals surface area contributed by atoms with Crippen molar-refractivity contribution in [3.63, 3.8) is 0 Å². The zero-order valence-corrected chi connectivity index (χ0v) is 13.3. The van der Waals surface area contributed by atoms with E-state index >= 15 is 0 Å². The van der Waals surface area contributed by atoms with Gasteiger partial charge < -0.3 is 0 Å². The number of hydrogen-bond acceptors (Lipinski definition) is 0. The first-order valence-electron chi connectivity index (χ1n) is 7.39. The van der Waals surface area contributed by atoms with Crippen LogP contribution in [-0.2, 0) is 0 Å². The summed E-state index contributed by atoms with van der Waals surface area (Å²) in [6.45, 7) is 14.4. The van der Waals surface area contributed by atoms with E-state index in [4.69, 9.17) is 0 Å². The molecule has 0 rings (SSSR count). The third-order valence-electron chi connectivity index (χ3n) is 3.63. The molecule has 0 aliphatic heterocycles. The molecule has 0 aromatic carbocycles. The van der Waals surface area contributed by atoms with E-state index in [1.165, 1.54) is 38.5 Å². The van der Waals surface area contributed by atoms with E-state index in [-0.39, 0.29) is 7.92 Å². The van der Waals surface area contributed by atoms with E-state index in [0.29, 0.717) is 0 Å². The second-order valence-corrected chi connectivity index (χ2v) is 8.63. The second-order valence-electron chi connectivity index (χ2n) is 5.24. The van der Waals surface area contributed by atoms with E-state index < -0.39 is 0 Å². The van der Waals surface area contributed by atoms with Crippen molar-refractivity contribution in [3.05, 3.63) is 0 Å². The predicted octanol–water partition coefficient (Wildman–Crippen LogP) is 6.03. The first-order chi connectivity index (χ1) is 7.62. The minimum atomic E-state index is 0.242. The highest BCUT2D eigenvalue weighted by Gasteiger charge is 2.28. The lowest BCUT2D eigenvalue weighted by Crippen LogP contribution is -2.20. The van der Waals surface area contributed by atoms with Gasteiger partial charge in [0.15, 0.2) is 0 Å². The molecule has 16 heavy (non-hydrogen) atoms. The normalized spacial score (nSPS) is 17.4. The van der Waals surface area contributed by atoms with E-state index in [0.717, 1.165) is 17.0 Å². The molecule has 1 heteroatoms. The zero-order valence-electron chi connectivity index (χ0n) is 12.4. The molecule has 0 saturated heterocycles. The molecule has 0 N–H and O–H groups in total. The van der Waals surface area contributed by atoms with Gasteiger partial charge in [-0.05, 0) is 42.7 Å². The Balaban J connectivity index is 4.64. The van der Waals surface area contributed by atoms with Crippen LogP contribution in [0.4, 0.5) is 0 Å². The molecule has 0 aliphatic carbocycles. The van der Waals surface area contributed by atoms with Gasteiger partial charge in [-0.2, -0.15) is 0 Å². The summed E-state index contributed by atoms with van der Waals surface area (Å²) in [6.07, 6.45) is 8.45. The summed E-state index contributed by atoms with van der Waals surface area (Å²) in [6, 6.07) is 0. The van der Waals surface area contributed by atoms with Crippen LogP contribution in [0.2, 0.25) is 0 Å². The van der Waals surface area contributed by atoms with Gasteiger partial charge in [0.05, 0.1) is 0 Å². The second kappa shape index (κ2) is 9.46. The highest BCUT2D eigenvalue weighted by Crippen LogP contribution is 2.55. The molecule has 0 aromatic rings. The van der Waals surface area contributed by atoms with Gasteiger partial charge >= 0.3 is 0 Å². The fourth-order valence-electron chi connectivity index (χ4n) is 2.94. The van der Waals surface area contributed by atoms with Gasteiger partial charge in [0.25, 0.3) is 0 Å². The lowest BCUT2D eigenvalue weighted by Gasteiger charge is -2.37. The van der Waals surface area contributed by atoms with Crippen LogP contribution in [0.15, 0.2) is 0 Å². The van der Waals surface area contributed by atoms with E-state index in [9.17, 15) is 0 Å². The Kier molecular flexibility index (Phi) is 9.71. The zero-order chi connectivity index (χ0) is 12.6. The fraction of sp³-hybridized carbons (Fsp3) is 1.00. The first-order valence-corrected chi connectivity index (χ1v) is 8.94. The molecule has 0 saturated carbocycles. The SMILES string of the molecule is CCCC(CC)P(C(C)C)C(CC)CCC. The standard InChI is InChI=1S/C15H33P/c1-7-11-14(9-3)16(13(5)6)15(10-4)12-8-2/h13-15H,7-12H2,1-6H3. The molecular formula is C15H33P. The maximum absolute atomic E-state index is 2.46. The maximum atomic E-state index is 2.46. The average Bonchev–Trinajstić information content (AvgIpc) is 2.26. The molecule has 0 spiro atoms. The van der Waals surface area contributed by atoms with Gasteiger partial charge in [0, 0.05) is 0 Å². The van der Waals surface area contributed by atoms with Gasteiger partial charge in [-0.1, -0.05) is 62.3 Å². The predicted molar refractivity (Wildman–Crippen MR) is 80.0 cm³/mol. The van der Waals surface area contributed by atoms with Crippen LogP contribution in [-0.4, -0.2) is 17.0 Å². The summed E-state index contributed by atoms with van der Waals surface area (Å²) < 4.78 is 0. The largest absolute Gasteiger partial charge is 0.0977 e. The van der Waals surface area contributed by atoms with Crippen molar-refractivity contribution in [2.75, 3.05) is 0 Å². The molecule has 0 radical (unpaired) electrons. The van der Waals surface area contributed by atoms with Crippen LogP contribution >= 0.6 is 7.92 Å². The van der Waals surface area contributed by atoms with Gasteiger partial charge in [0.2, 0.25) is 0 Å². The monoisotopic (exact) mass is 244 g/mol. The van der Waals surface area contributed by atoms with Crippen molar-refractivity contribution >= 4 is 7.92 Å². The van der Waals surface area contributed by atoms with Crippen LogP contribution in [0.25, 0.3) is 0 Å². The highest BCUT2D eigenvalue weighted by atomic mass is 31.1. The topological polar surface area (TPSA) is 0 Å². The Bertz CT molecular complexity index is 140. The van der Waals surface area contributed by atoms with E-state index in [1.807, 2.05) is 0 Å². The maximum Gasteiger partial charge on any atom is -0.0207 e. The molecule has 0 nitrogen and oxygen atoms in total. The Labute approximate surface area is 105 Å². The molecule has 2 atom stereocenters. The molecule has 98 valence electrons. The van der Waals surface area contributed by atoms with Crippen molar-refractivity contribution in [1.29, 1.82) is 0 Å². The average molecular weight is 244 g/mol. The van der Waals surface area contributed by atoms with Crippen molar-refractivity contribution in [3.8, 4) is 0 Å². The molecule has 0 fully saturated rings. The molecular weight excluding hydrogens is 211 g/mol. The Morgan fingerprint density at radius 2 is 1.12 bits per heavy atom. The summed E-state index contributed by atoms with van der Waals surface area (Å²) in [5, 5.41) is 0. The Morgan fingerprint density at radius 1 is 0.750 bits per heavy atom. The van der Waals surface area contributed by atoms with E-state index in [1.54, 1.807) is 0 Å². The third kappa shape index (κ3) is 5.17. The fourth-order valence-corrected chi connectivity index (χ4v) is 7.17. The van der Waals surface area contributed by atoms with Gasteiger partial charge in [-0.15, -0.1) is 0 Å². The minimum Gasteiger partial charge on any atom is -0.0977 e. The molecule has 0 aliphatic rings. The van der Waals surface area contributed by atoms with E-state index in [2.05, 4.69) is 41.5 Å². The summed E-state index contributed by atoms with van der Waals surface area (Å²) >= 11 is 0. The van der Waals surface area contributed by atoms with Crippen molar-refractivity contribution in [2.24, 2.45) is 0 Å². The van der Waals surface area contributed by atoms with Crippen molar-refractivity contribution in [2.45, 2.75) is 97.0 Å². The number of rotatable bonds is 9. The highest BCUT2D eigenvalue weighted by molar-refractivity contribution is 7.59. The van der Waals surface area contributed by atoms with Crippen LogP contribution in [0.5, 0.6) is 0 Å². The molecule has 0 aromatic heterocycles. The van der Waals surface area contributed by atoms with Crippen LogP contribution < -0.4 is 0 Å². The van der Waals surface area contributed by atoms with Crippen LogP contribution in [0, 0.1) is 0 Å². The van der Waals surface area contributed by atoms with Gasteiger partial charge in [-0.3, -0.25) is 0 Å². The summed E-state index contributed by atoms with van der Waals surface area (Å²) in [5.74, 6) is 0. The molecule has 0 bridgehead atoms. The first kappa shape index (κ1) is 16.4.